The van der Waals surface area contributed by atoms with Crippen molar-refractivity contribution < 1.29 is 0 Å². The zero-order chi connectivity index (χ0) is 15.0. The number of aromatic nitrogens is 4. The molecule has 8 heteroatoms. The molecule has 0 saturated carbocycles. The van der Waals surface area contributed by atoms with Gasteiger partial charge < -0.3 is 0 Å². The topological polar surface area (TPSA) is 89.6 Å². The molecule has 0 aliphatic rings. The van der Waals surface area contributed by atoms with E-state index in [-0.39, 0.29) is 0 Å². The first-order chi connectivity index (χ1) is 10.1. The summed E-state index contributed by atoms with van der Waals surface area (Å²) in [6.07, 6.45) is 0. The predicted molar refractivity (Wildman–Crippen MR) is 85.6 cm³/mol. The van der Waals surface area contributed by atoms with Gasteiger partial charge in [-0.25, -0.2) is 25.8 Å². The highest BCUT2D eigenvalue weighted by Gasteiger charge is 2.13. The average molecular weight is 318 g/mol. The molecule has 3 rings (SSSR count). The van der Waals surface area contributed by atoms with E-state index in [1.165, 1.54) is 11.8 Å². The van der Waals surface area contributed by atoms with Gasteiger partial charge in [0.05, 0.1) is 0 Å². The van der Waals surface area contributed by atoms with Crippen LogP contribution in [0.25, 0.3) is 10.2 Å². The van der Waals surface area contributed by atoms with Crippen LogP contribution in [0.5, 0.6) is 0 Å². The number of fused-ring (bicyclic) bond motifs is 1. The second kappa shape index (κ2) is 5.55. The number of hydrogen-bond donors (Lipinski definition) is 2. The highest BCUT2D eigenvalue weighted by molar-refractivity contribution is 7.99. The van der Waals surface area contributed by atoms with Gasteiger partial charge in [-0.15, -0.1) is 11.3 Å². The van der Waals surface area contributed by atoms with E-state index in [0.717, 1.165) is 32.2 Å². The van der Waals surface area contributed by atoms with Gasteiger partial charge in [0, 0.05) is 16.8 Å². The van der Waals surface area contributed by atoms with E-state index in [1.807, 2.05) is 32.2 Å². The fourth-order valence-corrected chi connectivity index (χ4v) is 3.62. The summed E-state index contributed by atoms with van der Waals surface area (Å²) < 4.78 is 0. The molecule has 3 N–H and O–H groups in total. The van der Waals surface area contributed by atoms with Crippen molar-refractivity contribution >= 4 is 39.3 Å². The van der Waals surface area contributed by atoms with Crippen molar-refractivity contribution in [3.63, 3.8) is 0 Å². The van der Waals surface area contributed by atoms with Crippen LogP contribution in [0.4, 0.5) is 5.95 Å². The number of anilines is 1. The quantitative estimate of drug-likeness (QED) is 0.332. The standard InChI is InChI=1S/C13H14N6S2/c1-6-7(2)15-13(16-8(6)3)21-11-9-4-5-20-10(9)17-12(18-11)19-14/h4-5H,14H2,1-3H3,(H,17,18,19). The number of thiophene rings is 1. The van der Waals surface area contributed by atoms with Gasteiger partial charge in [0.1, 0.15) is 9.86 Å². The molecule has 0 fully saturated rings. The lowest BCUT2D eigenvalue weighted by molar-refractivity contribution is 0.879. The Hall–Kier alpha value is -1.77. The molecule has 3 aromatic rings. The minimum absolute atomic E-state index is 0.396. The maximum absolute atomic E-state index is 5.43. The SMILES string of the molecule is Cc1nc(Sc2nc(NN)nc3sccc23)nc(C)c1C. The number of aryl methyl sites for hydroxylation is 2. The lowest BCUT2D eigenvalue weighted by Crippen LogP contribution is -2.10. The van der Waals surface area contributed by atoms with Crippen LogP contribution in [0.2, 0.25) is 0 Å². The van der Waals surface area contributed by atoms with Crippen LogP contribution < -0.4 is 11.3 Å². The normalized spacial score (nSPS) is 11.0. The molecular weight excluding hydrogens is 304 g/mol. The molecule has 0 saturated heterocycles. The minimum atomic E-state index is 0.396. The Morgan fingerprint density at radius 3 is 2.48 bits per heavy atom. The van der Waals surface area contributed by atoms with Crippen molar-refractivity contribution in [2.75, 3.05) is 5.43 Å². The third-order valence-electron chi connectivity index (χ3n) is 3.22. The van der Waals surface area contributed by atoms with Gasteiger partial charge in [-0.1, -0.05) is 0 Å². The molecule has 0 atom stereocenters. The molecule has 0 aromatic carbocycles. The lowest BCUT2D eigenvalue weighted by atomic mass is 10.2. The van der Waals surface area contributed by atoms with Gasteiger partial charge in [-0.05, 0) is 49.5 Å². The maximum atomic E-state index is 5.43. The van der Waals surface area contributed by atoms with Gasteiger partial charge in [-0.3, -0.25) is 5.43 Å². The minimum Gasteiger partial charge on any atom is -0.292 e. The Balaban J connectivity index is 2.07. The molecule has 0 radical (unpaired) electrons. The van der Waals surface area contributed by atoms with Crippen molar-refractivity contribution in [2.45, 2.75) is 31.0 Å². The van der Waals surface area contributed by atoms with E-state index in [1.54, 1.807) is 11.3 Å². The Labute approximate surface area is 130 Å². The number of nitrogens with one attached hydrogen (secondary N) is 1. The Bertz CT molecular complexity index is 791. The van der Waals surface area contributed by atoms with Crippen LogP contribution in [0.1, 0.15) is 17.0 Å². The van der Waals surface area contributed by atoms with Crippen LogP contribution in [-0.2, 0) is 0 Å². The van der Waals surface area contributed by atoms with Crippen LogP contribution in [0.15, 0.2) is 21.6 Å². The van der Waals surface area contributed by atoms with E-state index in [9.17, 15) is 0 Å². The lowest BCUT2D eigenvalue weighted by Gasteiger charge is -2.07. The van der Waals surface area contributed by atoms with E-state index in [0.29, 0.717) is 11.1 Å². The van der Waals surface area contributed by atoms with Crippen LogP contribution in [0, 0.1) is 20.8 Å². The molecule has 6 nitrogen and oxygen atoms in total. The second-order valence-corrected chi connectivity index (χ2v) is 6.39. The molecule has 21 heavy (non-hydrogen) atoms. The van der Waals surface area contributed by atoms with Gasteiger partial charge in [-0.2, -0.15) is 0 Å². The summed E-state index contributed by atoms with van der Waals surface area (Å²) in [7, 11) is 0. The number of rotatable bonds is 3. The third kappa shape index (κ3) is 2.69. The number of nitrogens with zero attached hydrogens (tertiary/aromatic N) is 4. The monoisotopic (exact) mass is 318 g/mol. The first-order valence-electron chi connectivity index (χ1n) is 6.30. The van der Waals surface area contributed by atoms with E-state index >= 15 is 0 Å². The predicted octanol–water partition coefficient (Wildman–Crippen LogP) is 2.84. The van der Waals surface area contributed by atoms with Gasteiger partial charge in [0.15, 0.2) is 5.16 Å². The first kappa shape index (κ1) is 14.2. The van der Waals surface area contributed by atoms with E-state index in [4.69, 9.17) is 5.84 Å². The molecule has 0 aliphatic carbocycles. The third-order valence-corrected chi connectivity index (χ3v) is 4.90. The van der Waals surface area contributed by atoms with Crippen LogP contribution in [0.3, 0.4) is 0 Å². The van der Waals surface area contributed by atoms with Crippen molar-refractivity contribution in [1.29, 1.82) is 0 Å². The van der Waals surface area contributed by atoms with Gasteiger partial charge in [0.25, 0.3) is 0 Å². The van der Waals surface area contributed by atoms with E-state index < -0.39 is 0 Å². The van der Waals surface area contributed by atoms with Crippen molar-refractivity contribution in [3.8, 4) is 0 Å². The highest BCUT2D eigenvalue weighted by Crippen LogP contribution is 2.33. The molecule has 3 heterocycles. The number of nitrogens with two attached hydrogens (primary N) is 1. The largest absolute Gasteiger partial charge is 0.292 e. The maximum Gasteiger partial charge on any atom is 0.239 e. The summed E-state index contributed by atoms with van der Waals surface area (Å²) in [4.78, 5) is 18.7. The highest BCUT2D eigenvalue weighted by atomic mass is 32.2. The van der Waals surface area contributed by atoms with Crippen molar-refractivity contribution in [3.05, 3.63) is 28.4 Å². The number of hydrogen-bond acceptors (Lipinski definition) is 8. The molecule has 3 aromatic heterocycles. The fraction of sp³-hybridized carbons (Fsp3) is 0.231. The summed E-state index contributed by atoms with van der Waals surface area (Å²) in [5.74, 6) is 5.83. The zero-order valence-electron chi connectivity index (χ0n) is 11.8. The molecule has 0 aliphatic heterocycles. The Morgan fingerprint density at radius 1 is 1.10 bits per heavy atom. The number of nitrogen functional groups attached to an aromatic ring is 1. The number of hydrazine groups is 1. The summed E-state index contributed by atoms with van der Waals surface area (Å²) in [6, 6.07) is 2.00. The average Bonchev–Trinajstić information content (AvgIpc) is 2.93. The summed E-state index contributed by atoms with van der Waals surface area (Å²) in [5.41, 5.74) is 5.58. The molecule has 0 amide bonds. The molecule has 0 bridgehead atoms. The van der Waals surface area contributed by atoms with Crippen LogP contribution in [-0.4, -0.2) is 19.9 Å². The first-order valence-corrected chi connectivity index (χ1v) is 7.99. The van der Waals surface area contributed by atoms with Crippen molar-refractivity contribution in [1.82, 2.24) is 19.9 Å². The van der Waals surface area contributed by atoms with E-state index in [2.05, 4.69) is 25.4 Å². The van der Waals surface area contributed by atoms with Crippen LogP contribution >= 0.6 is 23.1 Å². The zero-order valence-corrected chi connectivity index (χ0v) is 13.5. The Kier molecular flexibility index (Phi) is 3.75. The summed E-state index contributed by atoms with van der Waals surface area (Å²) in [6.45, 7) is 6.00. The molecule has 108 valence electrons. The Morgan fingerprint density at radius 2 is 1.81 bits per heavy atom. The van der Waals surface area contributed by atoms with Gasteiger partial charge >= 0.3 is 0 Å². The molecule has 0 spiro atoms. The summed E-state index contributed by atoms with van der Waals surface area (Å²) in [5, 5.41) is 4.46. The smallest absolute Gasteiger partial charge is 0.239 e. The fourth-order valence-electron chi connectivity index (χ4n) is 1.84. The molecule has 0 unspecified atom stereocenters. The molecular formula is C13H14N6S2. The summed E-state index contributed by atoms with van der Waals surface area (Å²) >= 11 is 2.98. The van der Waals surface area contributed by atoms with Crippen molar-refractivity contribution in [2.24, 2.45) is 5.84 Å². The second-order valence-electron chi connectivity index (χ2n) is 4.54. The van der Waals surface area contributed by atoms with Gasteiger partial charge in [0.2, 0.25) is 5.95 Å².